The van der Waals surface area contributed by atoms with E-state index in [1.165, 1.54) is 0 Å². The average molecular weight is 277 g/mol. The summed E-state index contributed by atoms with van der Waals surface area (Å²) in [5.41, 5.74) is 8.38. The van der Waals surface area contributed by atoms with E-state index in [2.05, 4.69) is 9.97 Å². The van der Waals surface area contributed by atoms with E-state index in [4.69, 9.17) is 10.5 Å². The molecule has 0 bridgehead atoms. The van der Waals surface area contributed by atoms with Crippen LogP contribution in [0.15, 0.2) is 67.0 Å². The lowest BCUT2D eigenvalue weighted by atomic mass is 10.1. The van der Waals surface area contributed by atoms with Gasteiger partial charge < -0.3 is 10.5 Å². The highest BCUT2D eigenvalue weighted by Gasteiger charge is 2.07. The first kappa shape index (κ1) is 13.3. The molecule has 2 N–H and O–H groups in total. The molecule has 0 saturated carbocycles. The summed E-state index contributed by atoms with van der Waals surface area (Å²) in [6.07, 6.45) is 3.22. The number of rotatable bonds is 4. The van der Waals surface area contributed by atoms with Gasteiger partial charge in [-0.2, -0.15) is 0 Å². The molecule has 0 aliphatic heterocycles. The van der Waals surface area contributed by atoms with Gasteiger partial charge in [0.15, 0.2) is 0 Å². The van der Waals surface area contributed by atoms with Crippen LogP contribution in [0, 0.1) is 0 Å². The minimum Gasteiger partial charge on any atom is -0.437 e. The molecule has 104 valence electrons. The Labute approximate surface area is 123 Å². The predicted octanol–water partition coefficient (Wildman–Crippen LogP) is 3.39. The molecule has 0 amide bonds. The molecule has 0 unspecified atom stereocenters. The Kier molecular flexibility index (Phi) is 3.89. The Morgan fingerprint density at radius 1 is 0.905 bits per heavy atom. The van der Waals surface area contributed by atoms with Crippen LogP contribution in [0.25, 0.3) is 11.1 Å². The molecule has 4 heteroatoms. The first-order valence-corrected chi connectivity index (χ1v) is 6.70. The third kappa shape index (κ3) is 3.07. The molecule has 0 radical (unpaired) electrons. The normalized spacial score (nSPS) is 10.3. The zero-order valence-electron chi connectivity index (χ0n) is 11.4. The summed E-state index contributed by atoms with van der Waals surface area (Å²) in [6.45, 7) is 0.338. The van der Waals surface area contributed by atoms with Gasteiger partial charge in [0.25, 0.3) is 0 Å². The number of hydrogen-bond donors (Lipinski definition) is 1. The van der Waals surface area contributed by atoms with Crippen LogP contribution in [-0.2, 0) is 6.54 Å². The van der Waals surface area contributed by atoms with Crippen LogP contribution >= 0.6 is 0 Å². The Balaban J connectivity index is 1.96. The van der Waals surface area contributed by atoms with Crippen molar-refractivity contribution in [2.45, 2.75) is 6.54 Å². The molecule has 4 nitrogen and oxygen atoms in total. The summed E-state index contributed by atoms with van der Waals surface area (Å²) in [5.74, 6) is 1.19. The Hall–Kier alpha value is -2.72. The molecule has 0 atom stereocenters. The van der Waals surface area contributed by atoms with Gasteiger partial charge >= 0.3 is 0 Å². The van der Waals surface area contributed by atoms with Crippen LogP contribution in [0.5, 0.6) is 11.6 Å². The fourth-order valence-electron chi connectivity index (χ4n) is 2.06. The topological polar surface area (TPSA) is 61.0 Å². The van der Waals surface area contributed by atoms with Crippen molar-refractivity contribution in [3.8, 4) is 22.8 Å². The second kappa shape index (κ2) is 6.15. The maximum absolute atomic E-state index is 5.88. The van der Waals surface area contributed by atoms with E-state index in [0.717, 1.165) is 16.9 Å². The quantitative estimate of drug-likeness (QED) is 0.794. The predicted molar refractivity (Wildman–Crippen MR) is 81.9 cm³/mol. The lowest BCUT2D eigenvalue weighted by Crippen LogP contribution is -2.01. The van der Waals surface area contributed by atoms with Crippen LogP contribution < -0.4 is 10.5 Å². The molecule has 0 aliphatic rings. The van der Waals surface area contributed by atoms with Crippen molar-refractivity contribution >= 4 is 0 Å². The molecule has 0 saturated heterocycles. The largest absolute Gasteiger partial charge is 0.437 e. The van der Waals surface area contributed by atoms with E-state index in [9.17, 15) is 0 Å². The highest BCUT2D eigenvalue weighted by Crippen LogP contribution is 2.32. The summed E-state index contributed by atoms with van der Waals surface area (Å²) >= 11 is 0. The van der Waals surface area contributed by atoms with E-state index in [-0.39, 0.29) is 0 Å². The monoisotopic (exact) mass is 277 g/mol. The zero-order valence-corrected chi connectivity index (χ0v) is 11.4. The Bertz CT molecular complexity index is 729. The number of benzene rings is 2. The number of hydrogen-bond acceptors (Lipinski definition) is 4. The van der Waals surface area contributed by atoms with Crippen molar-refractivity contribution in [2.24, 2.45) is 5.73 Å². The van der Waals surface area contributed by atoms with E-state index >= 15 is 0 Å². The van der Waals surface area contributed by atoms with Gasteiger partial charge in [-0.25, -0.2) is 4.98 Å². The fourth-order valence-corrected chi connectivity index (χ4v) is 2.06. The van der Waals surface area contributed by atoms with E-state index in [1.807, 2.05) is 54.6 Å². The Morgan fingerprint density at radius 3 is 2.48 bits per heavy atom. The smallest absolute Gasteiger partial charge is 0.238 e. The van der Waals surface area contributed by atoms with Crippen molar-refractivity contribution in [1.82, 2.24) is 9.97 Å². The lowest BCUT2D eigenvalue weighted by molar-refractivity contribution is 0.459. The van der Waals surface area contributed by atoms with Crippen molar-refractivity contribution in [1.29, 1.82) is 0 Å². The van der Waals surface area contributed by atoms with Crippen molar-refractivity contribution in [3.05, 3.63) is 72.7 Å². The molecule has 0 aliphatic carbocycles. The van der Waals surface area contributed by atoms with Crippen molar-refractivity contribution < 1.29 is 4.74 Å². The summed E-state index contributed by atoms with van der Waals surface area (Å²) in [7, 11) is 0. The average Bonchev–Trinajstić information content (AvgIpc) is 2.56. The molecular weight excluding hydrogens is 262 g/mol. The highest BCUT2D eigenvalue weighted by molar-refractivity contribution is 5.70. The second-order valence-electron chi connectivity index (χ2n) is 4.52. The summed E-state index contributed by atoms with van der Waals surface area (Å²) in [6, 6.07) is 17.9. The third-order valence-corrected chi connectivity index (χ3v) is 3.06. The van der Waals surface area contributed by atoms with Gasteiger partial charge in [0.05, 0.1) is 11.9 Å². The van der Waals surface area contributed by atoms with Gasteiger partial charge in [0.1, 0.15) is 5.75 Å². The van der Waals surface area contributed by atoms with Crippen LogP contribution in [0.4, 0.5) is 0 Å². The number of nitrogens with zero attached hydrogens (tertiary/aromatic N) is 2. The van der Waals surface area contributed by atoms with Gasteiger partial charge in [0.2, 0.25) is 5.88 Å². The molecule has 0 fully saturated rings. The summed E-state index contributed by atoms with van der Waals surface area (Å²) < 4.78 is 5.88. The number of nitrogens with two attached hydrogens (primary N) is 1. The van der Waals surface area contributed by atoms with E-state index in [0.29, 0.717) is 18.1 Å². The van der Waals surface area contributed by atoms with Gasteiger partial charge in [-0.05, 0) is 11.6 Å². The van der Waals surface area contributed by atoms with Crippen molar-refractivity contribution in [2.75, 3.05) is 0 Å². The highest BCUT2D eigenvalue weighted by atomic mass is 16.5. The second-order valence-corrected chi connectivity index (χ2v) is 4.52. The third-order valence-electron chi connectivity index (χ3n) is 3.06. The van der Waals surface area contributed by atoms with Gasteiger partial charge in [-0.1, -0.05) is 48.5 Å². The van der Waals surface area contributed by atoms with Gasteiger partial charge in [-0.3, -0.25) is 4.98 Å². The standard InChI is InChI=1S/C17H15N3O/c18-10-14-11-19-12-17(20-14)21-16-9-5-4-8-15(16)13-6-2-1-3-7-13/h1-9,11-12H,10,18H2. The van der Waals surface area contributed by atoms with Gasteiger partial charge in [0, 0.05) is 18.3 Å². The lowest BCUT2D eigenvalue weighted by Gasteiger charge is -2.10. The van der Waals surface area contributed by atoms with Gasteiger partial charge in [-0.15, -0.1) is 0 Å². The zero-order chi connectivity index (χ0) is 14.5. The molecule has 1 heterocycles. The molecule has 21 heavy (non-hydrogen) atoms. The molecule has 2 aromatic carbocycles. The van der Waals surface area contributed by atoms with Crippen LogP contribution in [0.2, 0.25) is 0 Å². The summed E-state index contributed by atoms with van der Waals surface area (Å²) in [5, 5.41) is 0. The number of aromatic nitrogens is 2. The SMILES string of the molecule is NCc1cncc(Oc2ccccc2-c2ccccc2)n1. The molecule has 1 aromatic heterocycles. The maximum atomic E-state index is 5.88. The number of ether oxygens (including phenoxy) is 1. The first-order valence-electron chi connectivity index (χ1n) is 6.70. The first-order chi connectivity index (χ1) is 10.4. The Morgan fingerprint density at radius 2 is 1.67 bits per heavy atom. The number of para-hydroxylation sites is 1. The molecule has 3 rings (SSSR count). The molecule has 3 aromatic rings. The van der Waals surface area contributed by atoms with Crippen molar-refractivity contribution in [3.63, 3.8) is 0 Å². The van der Waals surface area contributed by atoms with E-state index in [1.54, 1.807) is 12.4 Å². The van der Waals surface area contributed by atoms with Crippen LogP contribution in [0.3, 0.4) is 0 Å². The maximum Gasteiger partial charge on any atom is 0.238 e. The minimum absolute atomic E-state index is 0.338. The molecule has 0 spiro atoms. The van der Waals surface area contributed by atoms with E-state index < -0.39 is 0 Å². The summed E-state index contributed by atoms with van der Waals surface area (Å²) in [4.78, 5) is 8.40. The van der Waals surface area contributed by atoms with Crippen LogP contribution in [0.1, 0.15) is 5.69 Å². The van der Waals surface area contributed by atoms with Crippen LogP contribution in [-0.4, -0.2) is 9.97 Å². The molecular formula is C17H15N3O. The minimum atomic E-state index is 0.338. The fraction of sp³-hybridized carbons (Fsp3) is 0.0588.